The van der Waals surface area contributed by atoms with Crippen molar-refractivity contribution in [1.29, 1.82) is 0 Å². The fraction of sp³-hybridized carbons (Fsp3) is 0.217. The van der Waals surface area contributed by atoms with Crippen LogP contribution in [0.15, 0.2) is 59.7 Å². The third kappa shape index (κ3) is 4.48. The van der Waals surface area contributed by atoms with Crippen molar-refractivity contribution in [2.75, 3.05) is 26.1 Å². The number of hydrogen-bond donors (Lipinski definition) is 1. The summed E-state index contributed by atoms with van der Waals surface area (Å²) in [6, 6.07) is 7.78. The molecular weight excluding hydrogens is 394 g/mol. The molecule has 1 aromatic carbocycles. The first-order valence-corrected chi connectivity index (χ1v) is 9.82. The second-order valence-electron chi connectivity index (χ2n) is 6.80. The van der Waals surface area contributed by atoms with Gasteiger partial charge in [0.05, 0.1) is 38.1 Å². The van der Waals surface area contributed by atoms with Crippen molar-refractivity contribution in [2.45, 2.75) is 13.3 Å². The minimum atomic E-state index is 0.531. The van der Waals surface area contributed by atoms with Gasteiger partial charge in [0, 0.05) is 36.3 Å². The molecule has 0 aliphatic rings. The lowest BCUT2D eigenvalue weighted by molar-refractivity contribution is 0.354. The molecule has 0 spiro atoms. The summed E-state index contributed by atoms with van der Waals surface area (Å²) in [6.07, 6.45) is 9.17. The van der Waals surface area contributed by atoms with E-state index < -0.39 is 0 Å². The van der Waals surface area contributed by atoms with Crippen LogP contribution >= 0.6 is 0 Å². The van der Waals surface area contributed by atoms with Gasteiger partial charge in [0.15, 0.2) is 11.5 Å². The fourth-order valence-corrected chi connectivity index (χ4v) is 3.28. The minimum absolute atomic E-state index is 0.531. The first-order valence-electron chi connectivity index (χ1n) is 9.82. The van der Waals surface area contributed by atoms with E-state index in [0.717, 1.165) is 34.6 Å². The van der Waals surface area contributed by atoms with E-state index in [4.69, 9.17) is 18.9 Å². The average Bonchev–Trinajstić information content (AvgIpc) is 3.25. The molecule has 0 aliphatic heterocycles. The Hall–Kier alpha value is -3.94. The number of nitrogens with zero attached hydrogens (tertiary/aromatic N) is 4. The molecule has 3 heterocycles. The normalized spacial score (nSPS) is 10.7. The number of nitrogens with one attached hydrogen (secondary N) is 1. The second-order valence-corrected chi connectivity index (χ2v) is 6.80. The molecule has 8 heteroatoms. The van der Waals surface area contributed by atoms with Gasteiger partial charge in [0.2, 0.25) is 5.95 Å². The summed E-state index contributed by atoms with van der Waals surface area (Å²) in [5.74, 6) is 2.73. The molecule has 31 heavy (non-hydrogen) atoms. The maximum atomic E-state index is 5.49. The smallest absolute Gasteiger partial charge is 0.223 e. The van der Waals surface area contributed by atoms with Crippen molar-refractivity contribution in [3.8, 4) is 34.0 Å². The van der Waals surface area contributed by atoms with Gasteiger partial charge in [-0.1, -0.05) is 6.07 Å². The molecule has 1 N–H and O–H groups in total. The minimum Gasteiger partial charge on any atom is -0.493 e. The highest BCUT2D eigenvalue weighted by Crippen LogP contribution is 2.32. The highest BCUT2D eigenvalue weighted by atomic mass is 16.5. The number of rotatable bonds is 8. The van der Waals surface area contributed by atoms with Crippen LogP contribution in [0.2, 0.25) is 0 Å². The Balaban J connectivity index is 1.55. The third-order valence-electron chi connectivity index (χ3n) is 4.89. The number of hydrogen-bond acceptors (Lipinski definition) is 8. The van der Waals surface area contributed by atoms with Gasteiger partial charge >= 0.3 is 0 Å². The summed E-state index contributed by atoms with van der Waals surface area (Å²) in [6.45, 7) is 2.56. The van der Waals surface area contributed by atoms with Gasteiger partial charge in [-0.15, -0.1) is 0 Å². The summed E-state index contributed by atoms with van der Waals surface area (Å²) in [4.78, 5) is 17.8. The van der Waals surface area contributed by atoms with Gasteiger partial charge in [0.1, 0.15) is 5.76 Å². The van der Waals surface area contributed by atoms with Crippen molar-refractivity contribution >= 4 is 5.95 Å². The lowest BCUT2D eigenvalue weighted by atomic mass is 10.1. The predicted octanol–water partition coefficient (Wildman–Crippen LogP) is 4.17. The molecular formula is C23H23N5O3. The monoisotopic (exact) mass is 417 g/mol. The van der Waals surface area contributed by atoms with E-state index in [1.807, 2.05) is 31.2 Å². The van der Waals surface area contributed by atoms with Crippen molar-refractivity contribution in [3.63, 3.8) is 0 Å². The number of ether oxygens (including phenoxy) is 2. The first-order chi connectivity index (χ1) is 15.2. The van der Waals surface area contributed by atoms with Gasteiger partial charge in [-0.05, 0) is 37.1 Å². The van der Waals surface area contributed by atoms with Crippen LogP contribution in [0.5, 0.6) is 11.5 Å². The van der Waals surface area contributed by atoms with Crippen LogP contribution in [0.1, 0.15) is 11.3 Å². The Bertz CT molecular complexity index is 1160. The van der Waals surface area contributed by atoms with E-state index in [1.54, 1.807) is 45.3 Å². The van der Waals surface area contributed by atoms with Crippen LogP contribution in [-0.4, -0.2) is 40.7 Å². The Kier molecular flexibility index (Phi) is 6.07. The number of anilines is 1. The van der Waals surface area contributed by atoms with Crippen molar-refractivity contribution < 1.29 is 13.9 Å². The molecule has 3 aromatic heterocycles. The Morgan fingerprint density at radius 2 is 1.84 bits per heavy atom. The standard InChI is InChI=1S/C23H23N5O3/c1-15-17(7-11-31-15)22-18(19-14-24-9-10-25-19)13-27-23(28-22)26-8-6-16-4-5-20(29-2)21(12-16)30-3/h4-5,7,9-14H,6,8H2,1-3H3,(H,26,27,28). The zero-order chi connectivity index (χ0) is 21.6. The molecule has 4 aromatic rings. The van der Waals surface area contributed by atoms with Crippen LogP contribution < -0.4 is 14.8 Å². The van der Waals surface area contributed by atoms with Crippen molar-refractivity contribution in [2.24, 2.45) is 0 Å². The van der Waals surface area contributed by atoms with Crippen LogP contribution in [0.3, 0.4) is 0 Å². The molecule has 0 amide bonds. The van der Waals surface area contributed by atoms with E-state index in [-0.39, 0.29) is 0 Å². The van der Waals surface area contributed by atoms with E-state index in [1.165, 1.54) is 0 Å². The molecule has 4 rings (SSSR count). The van der Waals surface area contributed by atoms with E-state index in [2.05, 4.69) is 20.3 Å². The largest absolute Gasteiger partial charge is 0.493 e. The van der Waals surface area contributed by atoms with E-state index >= 15 is 0 Å². The number of methoxy groups -OCH3 is 2. The molecule has 0 fully saturated rings. The highest BCUT2D eigenvalue weighted by molar-refractivity contribution is 5.79. The predicted molar refractivity (Wildman–Crippen MR) is 117 cm³/mol. The van der Waals surface area contributed by atoms with Crippen LogP contribution in [0, 0.1) is 6.92 Å². The molecule has 0 bridgehead atoms. The van der Waals surface area contributed by atoms with E-state index in [0.29, 0.717) is 29.7 Å². The lowest BCUT2D eigenvalue weighted by Crippen LogP contribution is -2.09. The molecule has 0 saturated carbocycles. The molecule has 0 saturated heterocycles. The summed E-state index contributed by atoms with van der Waals surface area (Å²) in [5, 5.41) is 3.30. The molecule has 0 radical (unpaired) electrons. The maximum Gasteiger partial charge on any atom is 0.223 e. The van der Waals surface area contributed by atoms with E-state index in [9.17, 15) is 0 Å². The third-order valence-corrected chi connectivity index (χ3v) is 4.89. The number of benzene rings is 1. The van der Waals surface area contributed by atoms with Gasteiger partial charge in [-0.3, -0.25) is 9.97 Å². The van der Waals surface area contributed by atoms with Gasteiger partial charge in [0.25, 0.3) is 0 Å². The summed E-state index contributed by atoms with van der Waals surface area (Å²) in [7, 11) is 3.26. The molecule has 158 valence electrons. The van der Waals surface area contributed by atoms with Crippen LogP contribution in [0.25, 0.3) is 22.5 Å². The quantitative estimate of drug-likeness (QED) is 0.456. The fourth-order valence-electron chi connectivity index (χ4n) is 3.28. The summed E-state index contributed by atoms with van der Waals surface area (Å²) in [5.41, 5.74) is 4.26. The Morgan fingerprint density at radius 3 is 2.55 bits per heavy atom. The first kappa shape index (κ1) is 20.3. The number of aromatic nitrogens is 4. The number of furan rings is 1. The Labute approximate surface area is 180 Å². The average molecular weight is 417 g/mol. The van der Waals surface area contributed by atoms with Crippen LogP contribution in [0.4, 0.5) is 5.95 Å². The molecule has 0 unspecified atom stereocenters. The molecule has 0 atom stereocenters. The summed E-state index contributed by atoms with van der Waals surface area (Å²) >= 11 is 0. The van der Waals surface area contributed by atoms with Crippen molar-refractivity contribution in [1.82, 2.24) is 19.9 Å². The SMILES string of the molecule is COc1ccc(CCNc2ncc(-c3cnccn3)c(-c3ccoc3C)n2)cc1OC. The highest BCUT2D eigenvalue weighted by Gasteiger charge is 2.16. The molecule has 0 aliphatic carbocycles. The van der Waals surface area contributed by atoms with Gasteiger partial charge in [-0.25, -0.2) is 9.97 Å². The summed E-state index contributed by atoms with van der Waals surface area (Å²) < 4.78 is 16.2. The van der Waals surface area contributed by atoms with Gasteiger partial charge in [-0.2, -0.15) is 0 Å². The second kappa shape index (κ2) is 9.25. The zero-order valence-electron chi connectivity index (χ0n) is 17.6. The molecule has 8 nitrogen and oxygen atoms in total. The zero-order valence-corrected chi connectivity index (χ0v) is 17.6. The number of aryl methyl sites for hydroxylation is 1. The lowest BCUT2D eigenvalue weighted by Gasteiger charge is -2.12. The van der Waals surface area contributed by atoms with Crippen molar-refractivity contribution in [3.05, 3.63) is 66.6 Å². The maximum absolute atomic E-state index is 5.49. The topological polar surface area (TPSA) is 95.2 Å². The van der Waals surface area contributed by atoms with Crippen LogP contribution in [-0.2, 0) is 6.42 Å². The van der Waals surface area contributed by atoms with Gasteiger partial charge < -0.3 is 19.2 Å². The Morgan fingerprint density at radius 1 is 0.968 bits per heavy atom.